The van der Waals surface area contributed by atoms with Gasteiger partial charge in [-0.15, -0.1) is 0 Å². The minimum atomic E-state index is -0.822. The monoisotopic (exact) mass is 377 g/mol. The zero-order chi connectivity index (χ0) is 19.8. The molecule has 0 bridgehead atoms. The molecule has 0 unspecified atom stereocenters. The van der Waals surface area contributed by atoms with E-state index in [9.17, 15) is 14.4 Å². The summed E-state index contributed by atoms with van der Waals surface area (Å²) < 4.78 is 19.9. The van der Waals surface area contributed by atoms with Crippen molar-refractivity contribution in [1.82, 2.24) is 4.90 Å². The first-order chi connectivity index (χ1) is 13.0. The Morgan fingerprint density at radius 2 is 2.04 bits per heavy atom. The van der Waals surface area contributed by atoms with Crippen molar-refractivity contribution >= 4 is 18.2 Å². The van der Waals surface area contributed by atoms with E-state index in [4.69, 9.17) is 18.9 Å². The molecule has 1 amide bonds. The number of nitrogens with zero attached hydrogens (tertiary/aromatic N) is 1. The molecule has 0 N–H and O–H groups in total. The van der Waals surface area contributed by atoms with Crippen molar-refractivity contribution in [1.29, 1.82) is 0 Å². The smallest absolute Gasteiger partial charge is 0.466 e. The van der Waals surface area contributed by atoms with E-state index in [2.05, 4.69) is 6.58 Å². The molecule has 1 saturated heterocycles. The number of hydrogen-bond acceptors (Lipinski definition) is 7. The first-order valence-corrected chi connectivity index (χ1v) is 8.53. The van der Waals surface area contributed by atoms with Crippen LogP contribution in [0.2, 0.25) is 0 Å². The normalized spacial score (nSPS) is 16.7. The van der Waals surface area contributed by atoms with Gasteiger partial charge in [0.2, 0.25) is 0 Å². The van der Waals surface area contributed by atoms with Crippen molar-refractivity contribution < 1.29 is 33.3 Å². The van der Waals surface area contributed by atoms with Gasteiger partial charge in [-0.2, -0.15) is 0 Å². The van der Waals surface area contributed by atoms with Crippen LogP contribution in [0.4, 0.5) is 9.59 Å². The highest BCUT2D eigenvalue weighted by molar-refractivity contribution is 5.87. The lowest BCUT2D eigenvalue weighted by atomic mass is 10.00. The maximum absolute atomic E-state index is 12.6. The lowest BCUT2D eigenvalue weighted by molar-refractivity contribution is -0.136. The lowest BCUT2D eigenvalue weighted by Crippen LogP contribution is -2.48. The Kier molecular flexibility index (Phi) is 7.22. The number of carbonyl (C=O) groups excluding carboxylic acids is 3. The van der Waals surface area contributed by atoms with Crippen LogP contribution in [0.5, 0.6) is 0 Å². The summed E-state index contributed by atoms with van der Waals surface area (Å²) in [7, 11) is 1.24. The van der Waals surface area contributed by atoms with Crippen LogP contribution in [0.1, 0.15) is 18.9 Å². The summed E-state index contributed by atoms with van der Waals surface area (Å²) in [5, 5.41) is 0. The molecule has 0 spiro atoms. The number of carbonyl (C=O) groups is 3. The average molecular weight is 377 g/mol. The van der Waals surface area contributed by atoms with Gasteiger partial charge in [0.25, 0.3) is 0 Å². The van der Waals surface area contributed by atoms with Crippen LogP contribution in [0.15, 0.2) is 42.5 Å². The van der Waals surface area contributed by atoms with E-state index in [0.29, 0.717) is 0 Å². The van der Waals surface area contributed by atoms with Gasteiger partial charge >= 0.3 is 18.2 Å². The van der Waals surface area contributed by atoms with E-state index in [1.165, 1.54) is 12.0 Å². The van der Waals surface area contributed by atoms with E-state index in [1.54, 1.807) is 6.92 Å². The Balaban J connectivity index is 2.31. The molecule has 0 saturated carbocycles. The van der Waals surface area contributed by atoms with Gasteiger partial charge in [-0.25, -0.2) is 14.4 Å². The number of methoxy groups -OCH3 is 1. The van der Waals surface area contributed by atoms with Gasteiger partial charge < -0.3 is 18.9 Å². The van der Waals surface area contributed by atoms with Crippen LogP contribution in [-0.2, 0) is 30.3 Å². The standard InChI is InChI=1S/C19H23NO7/c1-4-25-18(22)20(11-14-8-6-5-7-9-14)15(10-13(2)17(21)24-3)16-12-26-19(23)27-16/h5-9,15-16H,2,4,10-12H2,1,3H3/t15-,16+/m0/s1. The number of amides is 1. The Morgan fingerprint density at radius 1 is 1.33 bits per heavy atom. The van der Waals surface area contributed by atoms with Crippen molar-refractivity contribution in [3.63, 3.8) is 0 Å². The highest BCUT2D eigenvalue weighted by atomic mass is 16.8. The van der Waals surface area contributed by atoms with Gasteiger partial charge in [-0.1, -0.05) is 36.9 Å². The number of benzene rings is 1. The minimum absolute atomic E-state index is 0.0390. The third kappa shape index (κ3) is 5.47. The molecule has 8 nitrogen and oxygen atoms in total. The van der Waals surface area contributed by atoms with E-state index < -0.39 is 30.4 Å². The first kappa shape index (κ1) is 20.3. The maximum Gasteiger partial charge on any atom is 0.508 e. The third-order valence-electron chi connectivity index (χ3n) is 4.07. The van der Waals surface area contributed by atoms with Crippen molar-refractivity contribution in [3.05, 3.63) is 48.0 Å². The van der Waals surface area contributed by atoms with E-state index in [-0.39, 0.29) is 31.8 Å². The van der Waals surface area contributed by atoms with Crippen LogP contribution in [0, 0.1) is 0 Å². The second-order valence-corrected chi connectivity index (χ2v) is 5.90. The van der Waals surface area contributed by atoms with Crippen LogP contribution in [0.25, 0.3) is 0 Å². The molecule has 0 radical (unpaired) electrons. The Hall–Kier alpha value is -3.03. The van der Waals surface area contributed by atoms with Crippen LogP contribution >= 0.6 is 0 Å². The predicted octanol–water partition coefficient (Wildman–Crippen LogP) is 2.67. The molecule has 1 fully saturated rings. The quantitative estimate of drug-likeness (QED) is 0.391. The number of hydrogen-bond donors (Lipinski definition) is 0. The van der Waals surface area contributed by atoms with Crippen molar-refractivity contribution in [2.24, 2.45) is 0 Å². The minimum Gasteiger partial charge on any atom is -0.466 e. The van der Waals surface area contributed by atoms with Gasteiger partial charge in [0.05, 0.1) is 19.8 Å². The summed E-state index contributed by atoms with van der Waals surface area (Å²) in [6.07, 6.45) is -2.13. The molecule has 1 aliphatic rings. The summed E-state index contributed by atoms with van der Waals surface area (Å²) in [6, 6.07) is 8.56. The Bertz CT molecular complexity index is 689. The molecule has 2 rings (SSSR count). The summed E-state index contributed by atoms with van der Waals surface area (Å²) in [5.41, 5.74) is 0.997. The molecule has 1 heterocycles. The van der Waals surface area contributed by atoms with Crippen LogP contribution in [-0.4, -0.2) is 55.6 Å². The highest BCUT2D eigenvalue weighted by Crippen LogP contribution is 2.24. The molecule has 1 aromatic rings. The lowest BCUT2D eigenvalue weighted by Gasteiger charge is -2.33. The van der Waals surface area contributed by atoms with Crippen molar-refractivity contribution in [2.75, 3.05) is 20.3 Å². The molecule has 1 aromatic carbocycles. The maximum atomic E-state index is 12.6. The number of ether oxygens (including phenoxy) is 4. The molecule has 0 aliphatic carbocycles. The predicted molar refractivity (Wildman–Crippen MR) is 94.8 cm³/mol. The van der Waals surface area contributed by atoms with Gasteiger partial charge in [0.1, 0.15) is 6.61 Å². The van der Waals surface area contributed by atoms with Gasteiger partial charge in [0.15, 0.2) is 6.10 Å². The summed E-state index contributed by atoms with van der Waals surface area (Å²) >= 11 is 0. The Labute approximate surface area is 157 Å². The van der Waals surface area contributed by atoms with E-state index in [1.807, 2.05) is 30.3 Å². The molecule has 27 heavy (non-hydrogen) atoms. The topological polar surface area (TPSA) is 91.4 Å². The summed E-state index contributed by atoms with van der Waals surface area (Å²) in [5.74, 6) is -0.603. The van der Waals surface area contributed by atoms with Crippen molar-refractivity contribution in [3.8, 4) is 0 Å². The fourth-order valence-electron chi connectivity index (χ4n) is 2.76. The number of cyclic esters (lactones) is 2. The molecule has 2 atom stereocenters. The second-order valence-electron chi connectivity index (χ2n) is 5.90. The fourth-order valence-corrected chi connectivity index (χ4v) is 2.76. The number of esters is 1. The van der Waals surface area contributed by atoms with Gasteiger partial charge in [0, 0.05) is 18.5 Å². The highest BCUT2D eigenvalue weighted by Gasteiger charge is 2.40. The first-order valence-electron chi connectivity index (χ1n) is 8.53. The molecule has 1 aliphatic heterocycles. The third-order valence-corrected chi connectivity index (χ3v) is 4.07. The van der Waals surface area contributed by atoms with Gasteiger partial charge in [-0.05, 0) is 12.5 Å². The fraction of sp³-hybridized carbons (Fsp3) is 0.421. The largest absolute Gasteiger partial charge is 0.508 e. The molecule has 0 aromatic heterocycles. The molecule has 8 heteroatoms. The Morgan fingerprint density at radius 3 is 2.59 bits per heavy atom. The van der Waals surface area contributed by atoms with Crippen molar-refractivity contribution in [2.45, 2.75) is 32.0 Å². The number of rotatable bonds is 8. The molecular weight excluding hydrogens is 354 g/mol. The second kappa shape index (κ2) is 9.61. The SMILES string of the molecule is C=C(C[C@@H]([C@H]1COC(=O)O1)N(Cc1ccccc1)C(=O)OCC)C(=O)OC. The van der Waals surface area contributed by atoms with Crippen LogP contribution in [0.3, 0.4) is 0 Å². The molecular formula is C19H23NO7. The average Bonchev–Trinajstić information content (AvgIpc) is 3.10. The van der Waals surface area contributed by atoms with E-state index >= 15 is 0 Å². The zero-order valence-electron chi connectivity index (χ0n) is 15.4. The molecule has 146 valence electrons. The van der Waals surface area contributed by atoms with Gasteiger partial charge in [-0.3, -0.25) is 4.90 Å². The van der Waals surface area contributed by atoms with E-state index in [0.717, 1.165) is 5.56 Å². The summed E-state index contributed by atoms with van der Waals surface area (Å²) in [4.78, 5) is 37.3. The zero-order valence-corrected chi connectivity index (χ0v) is 15.4. The van der Waals surface area contributed by atoms with Crippen LogP contribution < -0.4 is 0 Å². The summed E-state index contributed by atoms with van der Waals surface area (Å²) in [6.45, 7) is 5.75.